The monoisotopic (exact) mass is 410 g/mol. The van der Waals surface area contributed by atoms with E-state index in [2.05, 4.69) is 41.1 Å². The van der Waals surface area contributed by atoms with Crippen LogP contribution in [0.2, 0.25) is 0 Å². The lowest BCUT2D eigenvalue weighted by Crippen LogP contribution is -2.48. The van der Waals surface area contributed by atoms with Crippen LogP contribution in [-0.2, 0) is 6.54 Å². The highest BCUT2D eigenvalue weighted by atomic mass is 16.2. The number of piperazine rings is 1. The van der Waals surface area contributed by atoms with Crippen LogP contribution in [0, 0.1) is 6.92 Å². The molecular weight excluding hydrogens is 384 g/mol. The largest absolute Gasteiger partial charge is 0.338 e. The molecule has 0 bridgehead atoms. The Balaban J connectivity index is 1.27. The summed E-state index contributed by atoms with van der Waals surface area (Å²) in [6.07, 6.45) is 0. The fourth-order valence-corrected chi connectivity index (χ4v) is 4.19. The van der Waals surface area contributed by atoms with Crippen molar-refractivity contribution in [2.75, 3.05) is 26.2 Å². The van der Waals surface area contributed by atoms with Gasteiger partial charge in [0, 0.05) is 43.9 Å². The predicted octanol–water partition coefficient (Wildman–Crippen LogP) is 4.50. The molecule has 0 atom stereocenters. The quantitative estimate of drug-likeness (QED) is 0.539. The molecule has 0 unspecified atom stereocenters. The zero-order valence-electron chi connectivity index (χ0n) is 17.7. The Kier molecular flexibility index (Phi) is 5.26. The van der Waals surface area contributed by atoms with Crippen LogP contribution in [-0.4, -0.2) is 51.9 Å². The van der Waals surface area contributed by atoms with Crippen molar-refractivity contribution in [1.29, 1.82) is 0 Å². The van der Waals surface area contributed by atoms with Gasteiger partial charge in [-0.3, -0.25) is 9.69 Å². The highest BCUT2D eigenvalue weighted by molar-refractivity contribution is 5.97. The molecule has 1 saturated heterocycles. The van der Waals surface area contributed by atoms with Crippen molar-refractivity contribution in [3.63, 3.8) is 0 Å². The lowest BCUT2D eigenvalue weighted by molar-refractivity contribution is 0.0628. The molecule has 5 heteroatoms. The Labute approximate surface area is 182 Å². The fourth-order valence-electron chi connectivity index (χ4n) is 4.19. The molecule has 4 aromatic rings. The van der Waals surface area contributed by atoms with Gasteiger partial charge in [-0.1, -0.05) is 54.6 Å². The molecular formula is C26H26N4O. The second-order valence-corrected chi connectivity index (χ2v) is 8.18. The number of nitrogens with one attached hydrogen (secondary N) is 1. The molecule has 156 valence electrons. The number of nitrogens with zero attached hydrogens (tertiary/aromatic N) is 3. The topological polar surface area (TPSA) is 52.2 Å². The number of aromatic amines is 1. The van der Waals surface area contributed by atoms with Gasteiger partial charge in [-0.2, -0.15) is 0 Å². The van der Waals surface area contributed by atoms with E-state index >= 15 is 0 Å². The van der Waals surface area contributed by atoms with Gasteiger partial charge < -0.3 is 9.88 Å². The van der Waals surface area contributed by atoms with E-state index in [4.69, 9.17) is 4.98 Å². The number of hydrogen-bond acceptors (Lipinski definition) is 3. The van der Waals surface area contributed by atoms with Gasteiger partial charge in [-0.05, 0) is 36.2 Å². The number of amides is 1. The first-order chi connectivity index (χ1) is 15.2. The zero-order valence-corrected chi connectivity index (χ0v) is 17.7. The number of benzene rings is 3. The van der Waals surface area contributed by atoms with E-state index in [1.807, 2.05) is 53.4 Å². The molecule has 1 aromatic heterocycles. The van der Waals surface area contributed by atoms with E-state index in [-0.39, 0.29) is 5.91 Å². The van der Waals surface area contributed by atoms with Gasteiger partial charge in [-0.25, -0.2) is 4.98 Å². The number of aromatic nitrogens is 2. The summed E-state index contributed by atoms with van der Waals surface area (Å²) in [5.41, 5.74) is 6.19. The van der Waals surface area contributed by atoms with E-state index in [0.717, 1.165) is 55.1 Å². The van der Waals surface area contributed by atoms with Crippen molar-refractivity contribution < 1.29 is 4.79 Å². The van der Waals surface area contributed by atoms with Crippen molar-refractivity contribution in [2.45, 2.75) is 13.5 Å². The Morgan fingerprint density at radius 2 is 1.68 bits per heavy atom. The summed E-state index contributed by atoms with van der Waals surface area (Å²) in [4.78, 5) is 25.5. The van der Waals surface area contributed by atoms with E-state index < -0.39 is 0 Å². The van der Waals surface area contributed by atoms with Gasteiger partial charge >= 0.3 is 0 Å². The molecule has 5 rings (SSSR count). The van der Waals surface area contributed by atoms with Crippen molar-refractivity contribution in [1.82, 2.24) is 19.8 Å². The zero-order chi connectivity index (χ0) is 21.2. The minimum atomic E-state index is 0.0849. The van der Waals surface area contributed by atoms with Crippen molar-refractivity contribution >= 4 is 16.9 Å². The third-order valence-electron chi connectivity index (χ3n) is 6.09. The average Bonchev–Trinajstić information content (AvgIpc) is 3.25. The highest BCUT2D eigenvalue weighted by Crippen LogP contribution is 2.22. The number of imidazole rings is 1. The third-order valence-corrected chi connectivity index (χ3v) is 6.09. The van der Waals surface area contributed by atoms with Gasteiger partial charge in [-0.15, -0.1) is 0 Å². The van der Waals surface area contributed by atoms with Gasteiger partial charge in [0.15, 0.2) is 0 Å². The molecule has 1 aliphatic rings. The van der Waals surface area contributed by atoms with E-state index in [9.17, 15) is 4.79 Å². The predicted molar refractivity (Wildman–Crippen MR) is 124 cm³/mol. The van der Waals surface area contributed by atoms with Crippen LogP contribution in [0.3, 0.4) is 0 Å². The summed E-state index contributed by atoms with van der Waals surface area (Å²) < 4.78 is 0. The third kappa shape index (κ3) is 4.09. The molecule has 0 spiro atoms. The normalized spacial score (nSPS) is 14.8. The first-order valence-electron chi connectivity index (χ1n) is 10.8. The lowest BCUT2D eigenvalue weighted by Gasteiger charge is -2.35. The first kappa shape index (κ1) is 19.5. The maximum atomic E-state index is 13.1. The second kappa shape index (κ2) is 8.36. The summed E-state index contributed by atoms with van der Waals surface area (Å²) >= 11 is 0. The second-order valence-electron chi connectivity index (χ2n) is 8.18. The van der Waals surface area contributed by atoms with E-state index in [1.54, 1.807) is 0 Å². The SMILES string of the molecule is Cc1ccccc1CN1CCN(C(=O)c2ccc3[nH]c(-c4ccccc4)nc3c2)CC1. The van der Waals surface area contributed by atoms with Crippen molar-refractivity contribution in [3.05, 3.63) is 89.5 Å². The Morgan fingerprint density at radius 1 is 0.935 bits per heavy atom. The van der Waals surface area contributed by atoms with Gasteiger partial charge in [0.25, 0.3) is 5.91 Å². The number of hydrogen-bond donors (Lipinski definition) is 1. The summed E-state index contributed by atoms with van der Waals surface area (Å²) in [7, 11) is 0. The van der Waals surface area contributed by atoms with Crippen LogP contribution in [0.5, 0.6) is 0 Å². The molecule has 2 heterocycles. The Morgan fingerprint density at radius 3 is 2.45 bits per heavy atom. The smallest absolute Gasteiger partial charge is 0.254 e. The lowest BCUT2D eigenvalue weighted by atomic mass is 10.1. The molecule has 0 aliphatic carbocycles. The molecule has 1 fully saturated rings. The minimum Gasteiger partial charge on any atom is -0.338 e. The van der Waals surface area contributed by atoms with Crippen LogP contribution < -0.4 is 0 Å². The van der Waals surface area contributed by atoms with Crippen molar-refractivity contribution in [3.8, 4) is 11.4 Å². The molecule has 3 aromatic carbocycles. The summed E-state index contributed by atoms with van der Waals surface area (Å²) in [5.74, 6) is 0.909. The molecule has 1 N–H and O–H groups in total. The van der Waals surface area contributed by atoms with Gasteiger partial charge in [0.1, 0.15) is 5.82 Å². The van der Waals surface area contributed by atoms with Gasteiger partial charge in [0.05, 0.1) is 11.0 Å². The molecule has 5 nitrogen and oxygen atoms in total. The number of carbonyl (C=O) groups excluding carboxylic acids is 1. The summed E-state index contributed by atoms with van der Waals surface area (Å²) in [6.45, 7) is 6.38. The van der Waals surface area contributed by atoms with Gasteiger partial charge in [0.2, 0.25) is 0 Å². The number of fused-ring (bicyclic) bond motifs is 1. The fraction of sp³-hybridized carbons (Fsp3) is 0.231. The highest BCUT2D eigenvalue weighted by Gasteiger charge is 2.23. The standard InChI is InChI=1S/C26H26N4O/c1-19-7-5-6-10-22(19)18-29-13-15-30(16-14-29)26(31)21-11-12-23-24(17-21)28-25(27-23)20-8-3-2-4-9-20/h2-12,17H,13-16,18H2,1H3,(H,27,28). The van der Waals surface area contributed by atoms with Crippen LogP contribution in [0.25, 0.3) is 22.4 Å². The maximum Gasteiger partial charge on any atom is 0.254 e. The Bertz CT molecular complexity index is 1210. The number of carbonyl (C=O) groups is 1. The van der Waals surface area contributed by atoms with E-state index in [1.165, 1.54) is 11.1 Å². The summed E-state index contributed by atoms with van der Waals surface area (Å²) in [6, 6.07) is 24.3. The Hall–Kier alpha value is -3.44. The first-order valence-corrected chi connectivity index (χ1v) is 10.8. The van der Waals surface area contributed by atoms with Crippen LogP contribution in [0.4, 0.5) is 0 Å². The molecule has 31 heavy (non-hydrogen) atoms. The molecule has 0 radical (unpaired) electrons. The molecule has 0 saturated carbocycles. The number of aryl methyl sites for hydroxylation is 1. The molecule has 1 amide bonds. The number of rotatable bonds is 4. The summed E-state index contributed by atoms with van der Waals surface area (Å²) in [5, 5.41) is 0. The van der Waals surface area contributed by atoms with Crippen LogP contribution >= 0.6 is 0 Å². The van der Waals surface area contributed by atoms with Crippen molar-refractivity contribution in [2.24, 2.45) is 0 Å². The number of H-pyrrole nitrogens is 1. The van der Waals surface area contributed by atoms with Crippen LogP contribution in [0.15, 0.2) is 72.8 Å². The maximum absolute atomic E-state index is 13.1. The van der Waals surface area contributed by atoms with E-state index in [0.29, 0.717) is 5.56 Å². The average molecular weight is 411 g/mol. The van der Waals surface area contributed by atoms with Crippen LogP contribution in [0.1, 0.15) is 21.5 Å². The molecule has 1 aliphatic heterocycles. The minimum absolute atomic E-state index is 0.0849.